The van der Waals surface area contributed by atoms with Crippen LogP contribution >= 0.6 is 11.6 Å². The molecule has 1 N–H and O–H groups in total. The Morgan fingerprint density at radius 2 is 2.04 bits per heavy atom. The third-order valence-corrected chi connectivity index (χ3v) is 4.34. The molecule has 0 saturated heterocycles. The van der Waals surface area contributed by atoms with Crippen molar-refractivity contribution in [2.75, 3.05) is 5.88 Å². The molecule has 0 fully saturated rings. The number of pyridine rings is 1. The fourth-order valence-corrected chi connectivity index (χ4v) is 2.95. The fraction of sp³-hybridized carbons (Fsp3) is 0.222. The van der Waals surface area contributed by atoms with Crippen molar-refractivity contribution >= 4 is 22.6 Å². The maximum Gasteiger partial charge on any atom is 0.202 e. The molecule has 26 heavy (non-hydrogen) atoms. The first-order chi connectivity index (χ1) is 12.8. The zero-order chi connectivity index (χ0) is 17.9. The minimum Gasteiger partial charge on any atom is -0.263 e. The number of nitrogens with zero attached hydrogens (tertiary/aromatic N) is 5. The molecular weight excluding hydrogens is 355 g/mol. The van der Waals surface area contributed by atoms with Gasteiger partial charge in [-0.05, 0) is 24.6 Å². The SMILES string of the molecule is Fc1ccccc1Cn1nc(-c2n[nH]c(CCCCl)n2)c2cccnc21. The molecule has 8 heteroatoms. The number of aromatic nitrogens is 6. The van der Waals surface area contributed by atoms with E-state index in [2.05, 4.69) is 25.3 Å². The number of fused-ring (bicyclic) bond motifs is 1. The maximum absolute atomic E-state index is 14.0. The maximum atomic E-state index is 14.0. The normalized spacial score (nSPS) is 11.3. The largest absolute Gasteiger partial charge is 0.263 e. The third kappa shape index (κ3) is 3.17. The Bertz CT molecular complexity index is 1040. The highest BCUT2D eigenvalue weighted by atomic mass is 35.5. The van der Waals surface area contributed by atoms with Crippen LogP contribution in [-0.4, -0.2) is 35.8 Å². The van der Waals surface area contributed by atoms with E-state index >= 15 is 0 Å². The lowest BCUT2D eigenvalue weighted by molar-refractivity contribution is 0.589. The molecule has 0 aliphatic heterocycles. The Hall–Kier alpha value is -2.80. The first-order valence-electron chi connectivity index (χ1n) is 8.29. The predicted molar refractivity (Wildman–Crippen MR) is 97.4 cm³/mol. The van der Waals surface area contributed by atoms with E-state index in [0.29, 0.717) is 28.6 Å². The van der Waals surface area contributed by atoms with E-state index < -0.39 is 0 Å². The molecule has 0 aliphatic carbocycles. The molecule has 0 radical (unpaired) electrons. The molecule has 0 aliphatic rings. The Kier molecular flexibility index (Phi) is 4.62. The molecule has 0 spiro atoms. The van der Waals surface area contributed by atoms with E-state index in [4.69, 9.17) is 11.6 Å². The number of hydrogen-bond donors (Lipinski definition) is 1. The Morgan fingerprint density at radius 1 is 1.15 bits per heavy atom. The molecule has 0 amide bonds. The summed E-state index contributed by atoms with van der Waals surface area (Å²) < 4.78 is 15.7. The van der Waals surface area contributed by atoms with Gasteiger partial charge in [0.25, 0.3) is 0 Å². The molecule has 0 saturated carbocycles. The van der Waals surface area contributed by atoms with Crippen LogP contribution in [0.25, 0.3) is 22.6 Å². The van der Waals surface area contributed by atoms with Crippen molar-refractivity contribution in [1.29, 1.82) is 0 Å². The van der Waals surface area contributed by atoms with Gasteiger partial charge in [0.15, 0.2) is 5.65 Å². The molecule has 1 aromatic carbocycles. The van der Waals surface area contributed by atoms with Crippen molar-refractivity contribution in [3.63, 3.8) is 0 Å². The first kappa shape index (κ1) is 16.7. The van der Waals surface area contributed by atoms with Gasteiger partial charge in [-0.3, -0.25) is 5.10 Å². The molecule has 0 bridgehead atoms. The molecular formula is C18H16ClFN6. The van der Waals surface area contributed by atoms with Gasteiger partial charge in [-0.15, -0.1) is 11.6 Å². The van der Waals surface area contributed by atoms with Crippen molar-refractivity contribution in [3.8, 4) is 11.5 Å². The average molecular weight is 371 g/mol. The van der Waals surface area contributed by atoms with Gasteiger partial charge in [-0.1, -0.05) is 18.2 Å². The topological polar surface area (TPSA) is 72.3 Å². The molecule has 0 unspecified atom stereocenters. The number of benzene rings is 1. The van der Waals surface area contributed by atoms with Crippen molar-refractivity contribution in [3.05, 3.63) is 59.8 Å². The minimum absolute atomic E-state index is 0.269. The van der Waals surface area contributed by atoms with Gasteiger partial charge in [0, 0.05) is 24.1 Å². The second kappa shape index (κ2) is 7.21. The van der Waals surface area contributed by atoms with Gasteiger partial charge in [0.1, 0.15) is 17.3 Å². The number of aryl methyl sites for hydroxylation is 1. The highest BCUT2D eigenvalue weighted by Gasteiger charge is 2.17. The quantitative estimate of drug-likeness (QED) is 0.526. The van der Waals surface area contributed by atoms with E-state index in [9.17, 15) is 4.39 Å². The van der Waals surface area contributed by atoms with Crippen LogP contribution in [0.4, 0.5) is 4.39 Å². The Balaban J connectivity index is 1.74. The van der Waals surface area contributed by atoms with E-state index in [-0.39, 0.29) is 12.4 Å². The lowest BCUT2D eigenvalue weighted by atomic mass is 10.2. The lowest BCUT2D eigenvalue weighted by Crippen LogP contribution is -2.04. The Labute approximate surface area is 154 Å². The summed E-state index contributed by atoms with van der Waals surface area (Å²) in [5, 5.41) is 12.6. The predicted octanol–water partition coefficient (Wildman–Crippen LogP) is 3.58. The van der Waals surface area contributed by atoms with Crippen molar-refractivity contribution in [2.24, 2.45) is 0 Å². The number of aromatic amines is 1. The number of alkyl halides is 1. The summed E-state index contributed by atoms with van der Waals surface area (Å²) in [4.78, 5) is 8.91. The second-order valence-electron chi connectivity index (χ2n) is 5.87. The van der Waals surface area contributed by atoms with Crippen molar-refractivity contribution in [2.45, 2.75) is 19.4 Å². The molecule has 132 valence electrons. The van der Waals surface area contributed by atoms with Crippen molar-refractivity contribution < 1.29 is 4.39 Å². The van der Waals surface area contributed by atoms with E-state index in [1.807, 2.05) is 12.1 Å². The van der Waals surface area contributed by atoms with Crippen LogP contribution in [-0.2, 0) is 13.0 Å². The summed E-state index contributed by atoms with van der Waals surface area (Å²) in [6, 6.07) is 10.4. The number of H-pyrrole nitrogens is 1. The average Bonchev–Trinajstić information content (AvgIpc) is 3.27. The fourth-order valence-electron chi connectivity index (χ4n) is 2.82. The van der Waals surface area contributed by atoms with Crippen LogP contribution in [0.3, 0.4) is 0 Å². The minimum atomic E-state index is -0.269. The van der Waals surface area contributed by atoms with Gasteiger partial charge >= 0.3 is 0 Å². The first-order valence-corrected chi connectivity index (χ1v) is 8.82. The van der Waals surface area contributed by atoms with Gasteiger partial charge in [-0.2, -0.15) is 10.2 Å². The lowest BCUT2D eigenvalue weighted by Gasteiger charge is -2.04. The standard InChI is InChI=1S/C18H16ClFN6/c19-9-3-8-15-22-17(24-23-15)16-13-6-4-10-21-18(13)26(25-16)11-12-5-1-2-7-14(12)20/h1-2,4-7,10H,3,8-9,11H2,(H,22,23,24). The molecule has 0 atom stereocenters. The summed E-state index contributed by atoms with van der Waals surface area (Å²) in [6.07, 6.45) is 3.23. The molecule has 3 aromatic heterocycles. The van der Waals surface area contributed by atoms with Gasteiger partial charge in [-0.25, -0.2) is 19.0 Å². The van der Waals surface area contributed by atoms with E-state index in [1.165, 1.54) is 6.07 Å². The zero-order valence-electron chi connectivity index (χ0n) is 13.9. The number of rotatable bonds is 6. The monoisotopic (exact) mass is 370 g/mol. The van der Waals surface area contributed by atoms with Crippen molar-refractivity contribution in [1.82, 2.24) is 29.9 Å². The summed E-state index contributed by atoms with van der Waals surface area (Å²) in [7, 11) is 0. The van der Waals surface area contributed by atoms with Crippen LogP contribution in [0, 0.1) is 5.82 Å². The summed E-state index contributed by atoms with van der Waals surface area (Å²) >= 11 is 5.73. The highest BCUT2D eigenvalue weighted by molar-refractivity contribution is 6.17. The van der Waals surface area contributed by atoms with Crippen LogP contribution in [0.15, 0.2) is 42.6 Å². The van der Waals surface area contributed by atoms with E-state index in [0.717, 1.165) is 24.1 Å². The molecule has 4 rings (SSSR count). The summed E-state index contributed by atoms with van der Waals surface area (Å²) in [6.45, 7) is 0.281. The highest BCUT2D eigenvalue weighted by Crippen LogP contribution is 2.25. The van der Waals surface area contributed by atoms with Gasteiger partial charge in [0.2, 0.25) is 5.82 Å². The Morgan fingerprint density at radius 3 is 2.88 bits per heavy atom. The number of halogens is 2. The second-order valence-corrected chi connectivity index (χ2v) is 6.25. The molecule has 6 nitrogen and oxygen atoms in total. The van der Waals surface area contributed by atoms with Crippen LogP contribution in [0.2, 0.25) is 0 Å². The summed E-state index contributed by atoms with van der Waals surface area (Å²) in [5.41, 5.74) is 1.84. The number of hydrogen-bond acceptors (Lipinski definition) is 4. The molecule has 4 aromatic rings. The van der Waals surface area contributed by atoms with Gasteiger partial charge < -0.3 is 0 Å². The van der Waals surface area contributed by atoms with E-state index in [1.54, 1.807) is 29.1 Å². The smallest absolute Gasteiger partial charge is 0.202 e. The van der Waals surface area contributed by atoms with Gasteiger partial charge in [0.05, 0.1) is 11.9 Å². The summed E-state index contributed by atoms with van der Waals surface area (Å²) in [5.74, 6) is 1.57. The van der Waals surface area contributed by atoms with Crippen LogP contribution in [0.1, 0.15) is 17.8 Å². The molecule has 3 heterocycles. The number of nitrogens with one attached hydrogen (secondary N) is 1. The van der Waals surface area contributed by atoms with Crippen LogP contribution in [0.5, 0.6) is 0 Å². The van der Waals surface area contributed by atoms with Crippen LogP contribution < -0.4 is 0 Å². The third-order valence-electron chi connectivity index (χ3n) is 4.08. The zero-order valence-corrected chi connectivity index (χ0v) is 14.6.